The van der Waals surface area contributed by atoms with Gasteiger partial charge < -0.3 is 14.7 Å². The molecule has 0 saturated carbocycles. The van der Waals surface area contributed by atoms with E-state index in [9.17, 15) is 9.90 Å². The van der Waals surface area contributed by atoms with Crippen molar-refractivity contribution < 1.29 is 14.6 Å². The van der Waals surface area contributed by atoms with Gasteiger partial charge in [0.2, 0.25) is 5.95 Å². The fourth-order valence-corrected chi connectivity index (χ4v) is 4.46. The number of anilines is 4. The summed E-state index contributed by atoms with van der Waals surface area (Å²) >= 11 is 1.24. The van der Waals surface area contributed by atoms with Gasteiger partial charge in [-0.3, -0.25) is 9.88 Å². The summed E-state index contributed by atoms with van der Waals surface area (Å²) in [5.41, 5.74) is 2.29. The molecular weight excluding hydrogens is 416 g/mol. The minimum atomic E-state index is -0.394. The Morgan fingerprint density at radius 3 is 2.74 bits per heavy atom. The average molecular weight is 441 g/mol. The van der Waals surface area contributed by atoms with E-state index in [1.54, 1.807) is 44.7 Å². The maximum Gasteiger partial charge on any atom is 0.350 e. The molecule has 3 aromatic heterocycles. The van der Waals surface area contributed by atoms with Gasteiger partial charge in [0.05, 0.1) is 36.0 Å². The summed E-state index contributed by atoms with van der Waals surface area (Å²) < 4.78 is 5.18. The van der Waals surface area contributed by atoms with E-state index < -0.39 is 5.97 Å². The highest BCUT2D eigenvalue weighted by Gasteiger charge is 2.28. The quantitative estimate of drug-likeness (QED) is 0.578. The number of esters is 1. The second kappa shape index (κ2) is 9.36. The average Bonchev–Trinajstić information content (AvgIpc) is 3.17. The summed E-state index contributed by atoms with van der Waals surface area (Å²) in [6.45, 7) is 5.31. The number of aliphatic hydroxyl groups is 1. The topological polar surface area (TPSA) is 105 Å². The molecule has 0 aromatic carbocycles. The molecule has 1 fully saturated rings. The molecule has 1 aliphatic heterocycles. The Labute approximate surface area is 184 Å². The summed E-state index contributed by atoms with van der Waals surface area (Å²) in [6.07, 6.45) is 7.94. The summed E-state index contributed by atoms with van der Waals surface area (Å²) in [5.74, 6) is 0.0343. The van der Waals surface area contributed by atoms with Crippen LogP contribution in [-0.4, -0.2) is 56.8 Å². The fraction of sp³-hybridized carbons (Fsp3) is 0.381. The van der Waals surface area contributed by atoms with Crippen LogP contribution in [0.4, 0.5) is 22.5 Å². The first kappa shape index (κ1) is 21.1. The Morgan fingerprint density at radius 1 is 1.29 bits per heavy atom. The first-order chi connectivity index (χ1) is 15.1. The van der Waals surface area contributed by atoms with Crippen LogP contribution in [0.25, 0.3) is 0 Å². The number of aromatic nitrogens is 4. The number of pyridine rings is 1. The monoisotopic (exact) mass is 440 g/mol. The molecule has 0 spiro atoms. The van der Waals surface area contributed by atoms with E-state index in [1.807, 2.05) is 11.0 Å². The van der Waals surface area contributed by atoms with Gasteiger partial charge in [0.1, 0.15) is 4.88 Å². The van der Waals surface area contributed by atoms with Crippen LogP contribution in [-0.2, 0) is 4.74 Å². The molecule has 10 heteroatoms. The lowest BCUT2D eigenvalue weighted by Crippen LogP contribution is -2.36. The van der Waals surface area contributed by atoms with E-state index in [0.29, 0.717) is 41.1 Å². The summed E-state index contributed by atoms with van der Waals surface area (Å²) in [5, 5.41) is 10.5. The molecule has 0 atom stereocenters. The number of aliphatic hydroxyl groups excluding tert-OH is 1. The standard InChI is InChI=1S/C21H24N6O3S/c1-3-30-19(29)18-14(2)25-21(31-18)27(20-23-8-4-9-24-20)17-13-22-10-5-16(17)26-11-6-15(28)7-12-26/h4-5,8-10,13,15,28H,3,6-7,11-12H2,1-2H3. The molecule has 0 radical (unpaired) electrons. The van der Waals surface area contributed by atoms with E-state index in [1.165, 1.54) is 11.3 Å². The van der Waals surface area contributed by atoms with Crippen molar-refractivity contribution in [1.82, 2.24) is 19.9 Å². The van der Waals surface area contributed by atoms with Crippen molar-refractivity contribution in [1.29, 1.82) is 0 Å². The summed E-state index contributed by atoms with van der Waals surface area (Å²) in [7, 11) is 0. The van der Waals surface area contributed by atoms with Gasteiger partial charge in [0.25, 0.3) is 0 Å². The van der Waals surface area contributed by atoms with Crippen LogP contribution in [0.3, 0.4) is 0 Å². The molecule has 4 heterocycles. The van der Waals surface area contributed by atoms with Gasteiger partial charge in [-0.25, -0.2) is 19.7 Å². The Bertz CT molecular complexity index is 1040. The molecule has 0 amide bonds. The van der Waals surface area contributed by atoms with E-state index >= 15 is 0 Å². The third-order valence-corrected chi connectivity index (χ3v) is 6.14. The third kappa shape index (κ3) is 4.49. The lowest BCUT2D eigenvalue weighted by Gasteiger charge is -2.34. The van der Waals surface area contributed by atoms with Crippen molar-refractivity contribution in [2.45, 2.75) is 32.8 Å². The van der Waals surface area contributed by atoms with Gasteiger partial charge in [0.15, 0.2) is 5.13 Å². The molecule has 0 unspecified atom stereocenters. The number of aryl methyl sites for hydroxylation is 1. The molecule has 1 saturated heterocycles. The van der Waals surface area contributed by atoms with Crippen LogP contribution in [0.2, 0.25) is 0 Å². The number of nitrogens with zero attached hydrogens (tertiary/aromatic N) is 6. The Kier molecular flexibility index (Phi) is 6.38. The van der Waals surface area contributed by atoms with E-state index in [0.717, 1.165) is 24.5 Å². The second-order valence-corrected chi connectivity index (χ2v) is 8.08. The van der Waals surface area contributed by atoms with Crippen LogP contribution in [0.5, 0.6) is 0 Å². The number of piperidine rings is 1. The van der Waals surface area contributed by atoms with Gasteiger partial charge in [-0.1, -0.05) is 11.3 Å². The maximum absolute atomic E-state index is 12.4. The van der Waals surface area contributed by atoms with Crippen LogP contribution in [0.1, 0.15) is 35.1 Å². The lowest BCUT2D eigenvalue weighted by atomic mass is 10.1. The molecule has 1 N–H and O–H groups in total. The Balaban J connectivity index is 1.80. The highest BCUT2D eigenvalue weighted by Crippen LogP contribution is 2.41. The van der Waals surface area contributed by atoms with Crippen molar-refractivity contribution in [2.24, 2.45) is 0 Å². The maximum atomic E-state index is 12.4. The zero-order valence-electron chi connectivity index (χ0n) is 17.4. The molecule has 3 aromatic rings. The minimum absolute atomic E-state index is 0.274. The number of thiazole rings is 1. The van der Waals surface area contributed by atoms with Crippen LogP contribution < -0.4 is 9.80 Å². The molecule has 162 valence electrons. The lowest BCUT2D eigenvalue weighted by molar-refractivity contribution is 0.0531. The normalized spacial score (nSPS) is 14.5. The minimum Gasteiger partial charge on any atom is -0.462 e. The van der Waals surface area contributed by atoms with Gasteiger partial charge in [-0.2, -0.15) is 0 Å². The van der Waals surface area contributed by atoms with Gasteiger partial charge >= 0.3 is 5.97 Å². The highest BCUT2D eigenvalue weighted by molar-refractivity contribution is 7.17. The van der Waals surface area contributed by atoms with Crippen molar-refractivity contribution >= 4 is 39.8 Å². The van der Waals surface area contributed by atoms with Crippen LogP contribution in [0.15, 0.2) is 36.9 Å². The summed E-state index contributed by atoms with van der Waals surface area (Å²) in [6, 6.07) is 3.69. The Morgan fingerprint density at radius 2 is 2.03 bits per heavy atom. The number of rotatable bonds is 6. The molecule has 4 rings (SSSR count). The number of hydrogen-bond donors (Lipinski definition) is 1. The van der Waals surface area contributed by atoms with E-state index in [2.05, 4.69) is 24.8 Å². The van der Waals surface area contributed by atoms with Gasteiger partial charge in [0, 0.05) is 31.7 Å². The van der Waals surface area contributed by atoms with Crippen molar-refractivity contribution in [2.75, 3.05) is 29.5 Å². The number of ether oxygens (including phenoxy) is 1. The predicted molar refractivity (Wildman–Crippen MR) is 118 cm³/mol. The zero-order valence-corrected chi connectivity index (χ0v) is 18.2. The molecule has 0 bridgehead atoms. The molecule has 1 aliphatic rings. The van der Waals surface area contributed by atoms with Crippen LogP contribution >= 0.6 is 11.3 Å². The largest absolute Gasteiger partial charge is 0.462 e. The summed E-state index contributed by atoms with van der Waals surface area (Å²) in [4.78, 5) is 34.7. The van der Waals surface area contributed by atoms with Crippen LogP contribution in [0, 0.1) is 6.92 Å². The van der Waals surface area contributed by atoms with Crippen molar-refractivity contribution in [3.63, 3.8) is 0 Å². The molecule has 9 nitrogen and oxygen atoms in total. The second-order valence-electron chi connectivity index (χ2n) is 7.10. The number of hydrogen-bond acceptors (Lipinski definition) is 10. The Hall–Kier alpha value is -3.11. The van der Waals surface area contributed by atoms with Gasteiger partial charge in [-0.05, 0) is 38.8 Å². The first-order valence-electron chi connectivity index (χ1n) is 10.2. The molecule has 31 heavy (non-hydrogen) atoms. The first-order valence-corrected chi connectivity index (χ1v) is 11.0. The third-order valence-electron chi connectivity index (χ3n) is 5.01. The highest BCUT2D eigenvalue weighted by atomic mass is 32.1. The molecular formula is C21H24N6O3S. The van der Waals surface area contributed by atoms with Crippen molar-refractivity contribution in [3.05, 3.63) is 47.5 Å². The fourth-order valence-electron chi connectivity index (χ4n) is 3.49. The SMILES string of the molecule is CCOC(=O)c1sc(N(c2ncccn2)c2cnccc2N2CCC(O)CC2)nc1C. The van der Waals surface area contributed by atoms with Crippen molar-refractivity contribution in [3.8, 4) is 0 Å². The predicted octanol–water partition coefficient (Wildman–Crippen LogP) is 3.24. The van der Waals surface area contributed by atoms with Gasteiger partial charge in [-0.15, -0.1) is 0 Å². The van der Waals surface area contributed by atoms with E-state index in [-0.39, 0.29) is 6.10 Å². The number of carbonyl (C=O) groups is 1. The zero-order chi connectivity index (χ0) is 21.8. The van der Waals surface area contributed by atoms with E-state index in [4.69, 9.17) is 4.74 Å². The number of carbonyl (C=O) groups excluding carboxylic acids is 1. The molecule has 0 aliphatic carbocycles. The smallest absolute Gasteiger partial charge is 0.350 e.